The van der Waals surface area contributed by atoms with Gasteiger partial charge in [0, 0.05) is 7.11 Å². The van der Waals surface area contributed by atoms with E-state index in [-0.39, 0.29) is 24.7 Å². The van der Waals surface area contributed by atoms with E-state index in [0.717, 1.165) is 12.8 Å². The fourth-order valence-corrected chi connectivity index (χ4v) is 1.11. The molecule has 0 aromatic heterocycles. The first-order valence-electron chi connectivity index (χ1n) is 4.71. The number of carbonyl (C=O) groups excluding carboxylic acids is 1. The number of rotatable bonds is 7. The Balaban J connectivity index is 2.04. The van der Waals surface area contributed by atoms with Gasteiger partial charge in [-0.3, -0.25) is 4.79 Å². The van der Waals surface area contributed by atoms with Crippen molar-refractivity contribution in [3.05, 3.63) is 0 Å². The third-order valence-corrected chi connectivity index (χ3v) is 2.23. The molecule has 5 heteroatoms. The SMILES string of the molecule is COCCOCC(=O)NC1(CO)CC1. The molecule has 5 nitrogen and oxygen atoms in total. The number of ether oxygens (including phenoxy) is 2. The Labute approximate surface area is 83.4 Å². The van der Waals surface area contributed by atoms with Crippen molar-refractivity contribution in [2.75, 3.05) is 33.5 Å². The Morgan fingerprint density at radius 1 is 1.50 bits per heavy atom. The third kappa shape index (κ3) is 3.61. The van der Waals surface area contributed by atoms with E-state index in [9.17, 15) is 4.79 Å². The maximum atomic E-state index is 11.2. The summed E-state index contributed by atoms with van der Waals surface area (Å²) in [5, 5.41) is 11.7. The van der Waals surface area contributed by atoms with E-state index in [2.05, 4.69) is 5.32 Å². The zero-order valence-electron chi connectivity index (χ0n) is 8.41. The van der Waals surface area contributed by atoms with Crippen LogP contribution in [0.3, 0.4) is 0 Å². The first-order valence-corrected chi connectivity index (χ1v) is 4.71. The molecule has 82 valence electrons. The molecule has 1 aliphatic rings. The molecule has 0 aromatic rings. The van der Waals surface area contributed by atoms with Crippen molar-refractivity contribution >= 4 is 5.91 Å². The lowest BCUT2D eigenvalue weighted by molar-refractivity contribution is -0.127. The van der Waals surface area contributed by atoms with E-state index in [1.165, 1.54) is 0 Å². The van der Waals surface area contributed by atoms with Gasteiger partial charge in [-0.1, -0.05) is 0 Å². The van der Waals surface area contributed by atoms with Crippen LogP contribution in [0.5, 0.6) is 0 Å². The average molecular weight is 203 g/mol. The highest BCUT2D eigenvalue weighted by Gasteiger charge is 2.43. The van der Waals surface area contributed by atoms with E-state index >= 15 is 0 Å². The second-order valence-corrected chi connectivity index (χ2v) is 3.53. The predicted octanol–water partition coefficient (Wildman–Crippen LogP) is -0.709. The van der Waals surface area contributed by atoms with Crippen LogP contribution in [-0.4, -0.2) is 50.1 Å². The van der Waals surface area contributed by atoms with Crippen molar-refractivity contribution in [1.82, 2.24) is 5.32 Å². The van der Waals surface area contributed by atoms with Crippen molar-refractivity contribution < 1.29 is 19.4 Å². The standard InChI is InChI=1S/C9H17NO4/c1-13-4-5-14-6-8(12)10-9(7-11)2-3-9/h11H,2-7H2,1H3,(H,10,12). The van der Waals surface area contributed by atoms with Crippen LogP contribution in [0.4, 0.5) is 0 Å². The molecule has 0 bridgehead atoms. The van der Waals surface area contributed by atoms with Crippen molar-refractivity contribution in [3.63, 3.8) is 0 Å². The maximum Gasteiger partial charge on any atom is 0.246 e. The molecule has 0 saturated heterocycles. The molecule has 0 radical (unpaired) electrons. The normalized spacial score (nSPS) is 17.9. The lowest BCUT2D eigenvalue weighted by Crippen LogP contribution is -2.41. The fourth-order valence-electron chi connectivity index (χ4n) is 1.11. The summed E-state index contributed by atoms with van der Waals surface area (Å²) in [6.45, 7) is 0.941. The molecule has 0 aromatic carbocycles. The third-order valence-electron chi connectivity index (χ3n) is 2.23. The summed E-state index contributed by atoms with van der Waals surface area (Å²) in [7, 11) is 1.58. The molecule has 1 aliphatic carbocycles. The van der Waals surface area contributed by atoms with Crippen LogP contribution in [0.2, 0.25) is 0 Å². The molecule has 0 unspecified atom stereocenters. The van der Waals surface area contributed by atoms with E-state index in [0.29, 0.717) is 13.2 Å². The minimum Gasteiger partial charge on any atom is -0.394 e. The predicted molar refractivity (Wildman–Crippen MR) is 49.9 cm³/mol. The Morgan fingerprint density at radius 3 is 2.71 bits per heavy atom. The molecule has 0 atom stereocenters. The highest BCUT2D eigenvalue weighted by atomic mass is 16.5. The highest BCUT2D eigenvalue weighted by molar-refractivity contribution is 5.78. The van der Waals surface area contributed by atoms with Gasteiger partial charge in [-0.25, -0.2) is 0 Å². The van der Waals surface area contributed by atoms with Crippen LogP contribution in [0.25, 0.3) is 0 Å². The van der Waals surface area contributed by atoms with Gasteiger partial charge in [0.15, 0.2) is 0 Å². The first-order chi connectivity index (χ1) is 6.72. The number of aliphatic hydroxyl groups excluding tert-OH is 1. The van der Waals surface area contributed by atoms with Gasteiger partial charge in [0.05, 0.1) is 25.4 Å². The topological polar surface area (TPSA) is 67.8 Å². The summed E-state index contributed by atoms with van der Waals surface area (Å²) in [6, 6.07) is 0. The monoisotopic (exact) mass is 203 g/mol. The summed E-state index contributed by atoms with van der Waals surface area (Å²) in [4.78, 5) is 11.2. The van der Waals surface area contributed by atoms with Gasteiger partial charge in [0.1, 0.15) is 6.61 Å². The summed E-state index contributed by atoms with van der Waals surface area (Å²) in [5.74, 6) is -0.173. The van der Waals surface area contributed by atoms with Crippen LogP contribution in [0, 0.1) is 0 Å². The first kappa shape index (κ1) is 11.4. The molecular formula is C9H17NO4. The van der Waals surface area contributed by atoms with Gasteiger partial charge < -0.3 is 19.9 Å². The number of methoxy groups -OCH3 is 1. The summed E-state index contributed by atoms with van der Waals surface area (Å²) >= 11 is 0. The largest absolute Gasteiger partial charge is 0.394 e. The Morgan fingerprint density at radius 2 is 2.21 bits per heavy atom. The number of amides is 1. The zero-order valence-corrected chi connectivity index (χ0v) is 8.41. The second kappa shape index (κ2) is 5.29. The summed E-state index contributed by atoms with van der Waals surface area (Å²) < 4.78 is 9.80. The number of nitrogens with one attached hydrogen (secondary N) is 1. The van der Waals surface area contributed by atoms with Crippen LogP contribution in [0.1, 0.15) is 12.8 Å². The molecule has 0 heterocycles. The highest BCUT2D eigenvalue weighted by Crippen LogP contribution is 2.34. The second-order valence-electron chi connectivity index (χ2n) is 3.53. The number of hydrogen-bond donors (Lipinski definition) is 2. The molecule has 1 saturated carbocycles. The molecule has 1 amide bonds. The van der Waals surface area contributed by atoms with Crippen molar-refractivity contribution in [2.45, 2.75) is 18.4 Å². The smallest absolute Gasteiger partial charge is 0.246 e. The van der Waals surface area contributed by atoms with Crippen LogP contribution in [-0.2, 0) is 14.3 Å². The van der Waals surface area contributed by atoms with E-state index in [1.807, 2.05) is 0 Å². The van der Waals surface area contributed by atoms with Gasteiger partial charge in [-0.2, -0.15) is 0 Å². The van der Waals surface area contributed by atoms with E-state index in [1.54, 1.807) is 7.11 Å². The summed E-state index contributed by atoms with van der Waals surface area (Å²) in [5.41, 5.74) is -0.346. The van der Waals surface area contributed by atoms with Crippen molar-refractivity contribution in [3.8, 4) is 0 Å². The molecule has 0 spiro atoms. The lowest BCUT2D eigenvalue weighted by Gasteiger charge is -2.13. The Bertz CT molecular complexity index is 191. The Hall–Kier alpha value is -0.650. The minimum absolute atomic E-state index is 0.0107. The maximum absolute atomic E-state index is 11.2. The number of aliphatic hydroxyl groups is 1. The molecule has 14 heavy (non-hydrogen) atoms. The van der Waals surface area contributed by atoms with Gasteiger partial charge >= 0.3 is 0 Å². The quantitative estimate of drug-likeness (QED) is 0.536. The molecule has 1 rings (SSSR count). The number of hydrogen-bond acceptors (Lipinski definition) is 4. The van der Waals surface area contributed by atoms with Gasteiger partial charge in [0.25, 0.3) is 0 Å². The summed E-state index contributed by atoms with van der Waals surface area (Å²) in [6.07, 6.45) is 1.71. The minimum atomic E-state index is -0.346. The van der Waals surface area contributed by atoms with Gasteiger partial charge in [-0.05, 0) is 12.8 Å². The molecular weight excluding hydrogens is 186 g/mol. The van der Waals surface area contributed by atoms with Gasteiger partial charge in [-0.15, -0.1) is 0 Å². The van der Waals surface area contributed by atoms with E-state index < -0.39 is 0 Å². The lowest BCUT2D eigenvalue weighted by atomic mass is 10.3. The molecule has 1 fully saturated rings. The fraction of sp³-hybridized carbons (Fsp3) is 0.889. The van der Waals surface area contributed by atoms with Gasteiger partial charge in [0.2, 0.25) is 5.91 Å². The average Bonchev–Trinajstić information content (AvgIpc) is 2.93. The van der Waals surface area contributed by atoms with Crippen molar-refractivity contribution in [2.24, 2.45) is 0 Å². The van der Waals surface area contributed by atoms with Crippen LogP contribution in [0.15, 0.2) is 0 Å². The number of carbonyl (C=O) groups is 1. The van der Waals surface area contributed by atoms with E-state index in [4.69, 9.17) is 14.6 Å². The van der Waals surface area contributed by atoms with Crippen LogP contribution >= 0.6 is 0 Å². The van der Waals surface area contributed by atoms with Crippen LogP contribution < -0.4 is 5.32 Å². The molecule has 2 N–H and O–H groups in total. The molecule has 0 aliphatic heterocycles. The van der Waals surface area contributed by atoms with Crippen molar-refractivity contribution in [1.29, 1.82) is 0 Å². The zero-order chi connectivity index (χ0) is 10.4. The Kier molecular flexibility index (Phi) is 4.31.